The zero-order chi connectivity index (χ0) is 15.1. The van der Waals surface area contributed by atoms with Crippen molar-refractivity contribution >= 4 is 5.91 Å². The van der Waals surface area contributed by atoms with Gasteiger partial charge in [0.2, 0.25) is 5.76 Å². The van der Waals surface area contributed by atoms with Crippen LogP contribution < -0.4 is 10.1 Å². The molecule has 0 bridgehead atoms. The summed E-state index contributed by atoms with van der Waals surface area (Å²) < 4.78 is 38.4. The Kier molecular flexibility index (Phi) is 5.36. The van der Waals surface area contributed by atoms with Gasteiger partial charge in [0.15, 0.2) is 0 Å². The first-order valence-corrected chi connectivity index (χ1v) is 6.41. The Bertz CT molecular complexity index is 502. The van der Waals surface area contributed by atoms with Gasteiger partial charge in [-0.25, -0.2) is 0 Å². The van der Waals surface area contributed by atoms with E-state index in [9.17, 15) is 13.6 Å². The summed E-state index contributed by atoms with van der Waals surface area (Å²) in [7, 11) is 0. The number of ether oxygens (including phenoxy) is 3. The standard InChI is InChI=1S/C14H15F2NO4/c15-14(16)21-11-3-1-10(2-4-11)5-6-17-13(18)12-9-19-7-8-20-12/h1-4,9,14H,5-8H2,(H,17,18). The predicted molar refractivity (Wildman–Crippen MR) is 69.8 cm³/mol. The third-order valence-corrected chi connectivity index (χ3v) is 2.72. The summed E-state index contributed by atoms with van der Waals surface area (Å²) in [5.41, 5.74) is 0.895. The topological polar surface area (TPSA) is 56.8 Å². The maximum absolute atomic E-state index is 12.0. The van der Waals surface area contributed by atoms with Crippen molar-refractivity contribution in [2.45, 2.75) is 13.0 Å². The van der Waals surface area contributed by atoms with E-state index >= 15 is 0 Å². The number of nitrogens with one attached hydrogen (secondary N) is 1. The van der Waals surface area contributed by atoms with Gasteiger partial charge in [-0.15, -0.1) is 0 Å². The van der Waals surface area contributed by atoms with Gasteiger partial charge in [0, 0.05) is 6.54 Å². The van der Waals surface area contributed by atoms with E-state index in [4.69, 9.17) is 9.47 Å². The molecule has 1 aliphatic heterocycles. The molecule has 1 amide bonds. The lowest BCUT2D eigenvalue weighted by molar-refractivity contribution is -0.122. The first-order valence-electron chi connectivity index (χ1n) is 6.41. The number of hydrogen-bond donors (Lipinski definition) is 1. The summed E-state index contributed by atoms with van der Waals surface area (Å²) in [4.78, 5) is 11.7. The Morgan fingerprint density at radius 3 is 2.67 bits per heavy atom. The van der Waals surface area contributed by atoms with Crippen molar-refractivity contribution in [2.75, 3.05) is 19.8 Å². The van der Waals surface area contributed by atoms with E-state index in [0.717, 1.165) is 5.56 Å². The molecular weight excluding hydrogens is 284 g/mol. The number of hydrogen-bond acceptors (Lipinski definition) is 4. The molecule has 1 aromatic carbocycles. The molecule has 0 spiro atoms. The molecule has 2 rings (SSSR count). The van der Waals surface area contributed by atoms with Crippen LogP contribution in [0.2, 0.25) is 0 Å². The van der Waals surface area contributed by atoms with E-state index < -0.39 is 6.61 Å². The molecule has 1 aromatic rings. The first kappa shape index (κ1) is 15.1. The Morgan fingerprint density at radius 1 is 1.29 bits per heavy atom. The molecule has 1 N–H and O–H groups in total. The number of carbonyl (C=O) groups excluding carboxylic acids is 1. The highest BCUT2D eigenvalue weighted by atomic mass is 19.3. The zero-order valence-corrected chi connectivity index (χ0v) is 11.2. The summed E-state index contributed by atoms with van der Waals surface area (Å²) in [6.45, 7) is -1.65. The van der Waals surface area contributed by atoms with Crippen molar-refractivity contribution in [1.29, 1.82) is 0 Å². The van der Waals surface area contributed by atoms with Gasteiger partial charge < -0.3 is 19.5 Å². The van der Waals surface area contributed by atoms with E-state index in [-0.39, 0.29) is 17.4 Å². The van der Waals surface area contributed by atoms with Crippen LogP contribution in [0.3, 0.4) is 0 Å². The van der Waals surface area contributed by atoms with Crippen LogP contribution in [-0.2, 0) is 20.7 Å². The minimum Gasteiger partial charge on any atom is -0.494 e. The summed E-state index contributed by atoms with van der Waals surface area (Å²) in [5, 5.41) is 2.68. The van der Waals surface area contributed by atoms with Crippen LogP contribution in [0, 0.1) is 0 Å². The normalized spacial score (nSPS) is 14.0. The highest BCUT2D eigenvalue weighted by molar-refractivity contribution is 5.91. The van der Waals surface area contributed by atoms with E-state index in [1.165, 1.54) is 18.4 Å². The zero-order valence-electron chi connectivity index (χ0n) is 11.2. The van der Waals surface area contributed by atoms with Crippen LogP contribution in [0.5, 0.6) is 5.75 Å². The summed E-state index contributed by atoms with van der Waals surface area (Å²) in [6.07, 6.45) is 1.85. The second-order valence-electron chi connectivity index (χ2n) is 4.23. The highest BCUT2D eigenvalue weighted by Gasteiger charge is 2.14. The quantitative estimate of drug-likeness (QED) is 0.871. The minimum absolute atomic E-state index is 0.107. The fraction of sp³-hybridized carbons (Fsp3) is 0.357. The van der Waals surface area contributed by atoms with Crippen LogP contribution in [0.4, 0.5) is 8.78 Å². The number of carbonyl (C=O) groups is 1. The van der Waals surface area contributed by atoms with Crippen LogP contribution in [-0.4, -0.2) is 32.3 Å². The second kappa shape index (κ2) is 7.47. The van der Waals surface area contributed by atoms with Gasteiger partial charge in [-0.2, -0.15) is 8.78 Å². The van der Waals surface area contributed by atoms with Gasteiger partial charge >= 0.3 is 6.61 Å². The number of benzene rings is 1. The highest BCUT2D eigenvalue weighted by Crippen LogP contribution is 2.15. The third kappa shape index (κ3) is 4.94. The monoisotopic (exact) mass is 299 g/mol. The van der Waals surface area contributed by atoms with Crippen molar-refractivity contribution in [1.82, 2.24) is 5.32 Å². The molecular formula is C14H15F2NO4. The minimum atomic E-state index is -2.83. The fourth-order valence-corrected chi connectivity index (χ4v) is 1.73. The third-order valence-electron chi connectivity index (χ3n) is 2.72. The molecule has 114 valence electrons. The van der Waals surface area contributed by atoms with Gasteiger partial charge in [-0.05, 0) is 24.1 Å². The lowest BCUT2D eigenvalue weighted by Gasteiger charge is -2.15. The molecule has 5 nitrogen and oxygen atoms in total. The maximum atomic E-state index is 12.0. The summed E-state index contributed by atoms with van der Waals surface area (Å²) in [5.74, 6) is -0.0787. The van der Waals surface area contributed by atoms with Crippen LogP contribution in [0.15, 0.2) is 36.3 Å². The molecule has 0 atom stereocenters. The molecule has 1 aliphatic rings. The average Bonchev–Trinajstić information content (AvgIpc) is 2.49. The van der Waals surface area contributed by atoms with Gasteiger partial charge in [-0.1, -0.05) is 12.1 Å². The molecule has 0 fully saturated rings. The summed E-state index contributed by atoms with van der Waals surface area (Å²) >= 11 is 0. The lowest BCUT2D eigenvalue weighted by Crippen LogP contribution is -2.30. The smallest absolute Gasteiger partial charge is 0.387 e. The van der Waals surface area contributed by atoms with Crippen molar-refractivity contribution in [3.63, 3.8) is 0 Å². The SMILES string of the molecule is O=C(NCCc1ccc(OC(F)F)cc1)C1=COCCO1. The van der Waals surface area contributed by atoms with Gasteiger partial charge in [0.25, 0.3) is 5.91 Å². The molecule has 7 heteroatoms. The lowest BCUT2D eigenvalue weighted by atomic mass is 10.1. The average molecular weight is 299 g/mol. The number of amides is 1. The molecule has 1 heterocycles. The Labute approximate surface area is 120 Å². The Hall–Kier alpha value is -2.31. The summed E-state index contributed by atoms with van der Waals surface area (Å²) in [6, 6.07) is 6.26. The van der Waals surface area contributed by atoms with Crippen molar-refractivity contribution in [3.8, 4) is 5.75 Å². The van der Waals surface area contributed by atoms with Crippen LogP contribution in [0.25, 0.3) is 0 Å². The van der Waals surface area contributed by atoms with Gasteiger partial charge in [0.1, 0.15) is 25.2 Å². The fourth-order valence-electron chi connectivity index (χ4n) is 1.73. The van der Waals surface area contributed by atoms with Crippen molar-refractivity contribution in [3.05, 3.63) is 41.9 Å². The number of alkyl halides is 2. The molecule has 21 heavy (non-hydrogen) atoms. The van der Waals surface area contributed by atoms with Gasteiger partial charge in [-0.3, -0.25) is 4.79 Å². The van der Waals surface area contributed by atoms with Gasteiger partial charge in [0.05, 0.1) is 0 Å². The Balaban J connectivity index is 1.75. The Morgan fingerprint density at radius 2 is 2.05 bits per heavy atom. The second-order valence-corrected chi connectivity index (χ2v) is 4.23. The van der Waals surface area contributed by atoms with E-state index in [2.05, 4.69) is 10.1 Å². The number of halogens is 2. The van der Waals surface area contributed by atoms with E-state index in [0.29, 0.717) is 26.2 Å². The molecule has 0 aromatic heterocycles. The largest absolute Gasteiger partial charge is 0.494 e. The maximum Gasteiger partial charge on any atom is 0.387 e. The molecule has 0 saturated carbocycles. The predicted octanol–water partition coefficient (Wildman–Crippen LogP) is 1.83. The first-order chi connectivity index (χ1) is 10.1. The van der Waals surface area contributed by atoms with E-state index in [1.807, 2.05) is 0 Å². The molecule has 0 radical (unpaired) electrons. The molecule has 0 aliphatic carbocycles. The molecule has 0 unspecified atom stereocenters. The van der Waals surface area contributed by atoms with Crippen LogP contribution >= 0.6 is 0 Å². The molecule has 0 saturated heterocycles. The van der Waals surface area contributed by atoms with Crippen molar-refractivity contribution in [2.24, 2.45) is 0 Å². The van der Waals surface area contributed by atoms with Crippen LogP contribution in [0.1, 0.15) is 5.56 Å². The van der Waals surface area contributed by atoms with E-state index in [1.54, 1.807) is 12.1 Å². The number of rotatable bonds is 6. The van der Waals surface area contributed by atoms with Crippen molar-refractivity contribution < 1.29 is 27.8 Å².